The van der Waals surface area contributed by atoms with Crippen LogP contribution in [0.2, 0.25) is 0 Å². The van der Waals surface area contributed by atoms with Gasteiger partial charge in [0.25, 0.3) is 0 Å². The molecule has 86 valence electrons. The normalized spacial score (nSPS) is 20.5. The smallest absolute Gasteiger partial charge is 0.222 e. The van der Waals surface area contributed by atoms with Crippen molar-refractivity contribution in [3.8, 4) is 0 Å². The molecule has 15 heavy (non-hydrogen) atoms. The third-order valence-corrected chi connectivity index (χ3v) is 3.34. The van der Waals surface area contributed by atoms with Crippen LogP contribution in [0.5, 0.6) is 0 Å². The molecule has 1 heterocycles. The summed E-state index contributed by atoms with van der Waals surface area (Å²) in [7, 11) is 0. The van der Waals surface area contributed by atoms with Crippen molar-refractivity contribution >= 4 is 11.7 Å². The summed E-state index contributed by atoms with van der Waals surface area (Å²) in [5.41, 5.74) is 0. The molecule has 3 heteroatoms. The molecule has 1 saturated heterocycles. The topological polar surface area (TPSA) is 37.4 Å². The van der Waals surface area contributed by atoms with Crippen molar-refractivity contribution in [1.82, 2.24) is 4.90 Å². The summed E-state index contributed by atoms with van der Waals surface area (Å²) in [5, 5.41) is 0. The first-order valence-electron chi connectivity index (χ1n) is 5.86. The molecule has 0 saturated carbocycles. The molecule has 1 rings (SSSR count). The number of nitrogens with zero attached hydrogens (tertiary/aromatic N) is 1. The summed E-state index contributed by atoms with van der Waals surface area (Å²) in [6.07, 6.45) is 3.35. The molecule has 1 fully saturated rings. The fraction of sp³-hybridized carbons (Fsp3) is 0.833. The molecular weight excluding hydrogens is 190 g/mol. The Morgan fingerprint density at radius 3 is 2.60 bits per heavy atom. The zero-order chi connectivity index (χ0) is 11.4. The minimum absolute atomic E-state index is 0.119. The Balaban J connectivity index is 2.49. The number of carbonyl (C=O) groups is 2. The first kappa shape index (κ1) is 12.2. The van der Waals surface area contributed by atoms with E-state index in [-0.39, 0.29) is 23.7 Å². The lowest BCUT2D eigenvalue weighted by Gasteiger charge is -2.26. The second-order valence-electron chi connectivity index (χ2n) is 4.49. The molecule has 0 aromatic heterocycles. The summed E-state index contributed by atoms with van der Waals surface area (Å²) < 4.78 is 0. The van der Waals surface area contributed by atoms with E-state index in [9.17, 15) is 9.59 Å². The van der Waals surface area contributed by atoms with Crippen molar-refractivity contribution in [3.63, 3.8) is 0 Å². The summed E-state index contributed by atoms with van der Waals surface area (Å²) in [4.78, 5) is 24.7. The van der Waals surface area contributed by atoms with E-state index in [1.807, 2.05) is 11.8 Å². The Morgan fingerprint density at radius 1 is 1.53 bits per heavy atom. The van der Waals surface area contributed by atoms with Gasteiger partial charge in [-0.15, -0.1) is 0 Å². The van der Waals surface area contributed by atoms with Crippen LogP contribution in [-0.4, -0.2) is 29.2 Å². The third kappa shape index (κ3) is 3.05. The summed E-state index contributed by atoms with van der Waals surface area (Å²) in [6.45, 7) is 6.60. The molecule has 0 N–H and O–H groups in total. The number of ketones is 1. The van der Waals surface area contributed by atoms with Gasteiger partial charge in [0.1, 0.15) is 5.78 Å². The van der Waals surface area contributed by atoms with Gasteiger partial charge >= 0.3 is 0 Å². The van der Waals surface area contributed by atoms with Crippen LogP contribution in [0.1, 0.15) is 46.5 Å². The number of rotatable bonds is 5. The molecule has 1 aliphatic rings. The summed E-state index contributed by atoms with van der Waals surface area (Å²) in [5.74, 6) is 0.616. The largest absolute Gasteiger partial charge is 0.340 e. The van der Waals surface area contributed by atoms with Gasteiger partial charge in [0.05, 0.1) is 0 Å². The Kier molecular flexibility index (Phi) is 4.30. The fourth-order valence-electron chi connectivity index (χ4n) is 2.29. The van der Waals surface area contributed by atoms with E-state index >= 15 is 0 Å². The van der Waals surface area contributed by atoms with E-state index in [0.717, 1.165) is 25.8 Å². The maximum Gasteiger partial charge on any atom is 0.222 e. The van der Waals surface area contributed by atoms with Gasteiger partial charge in [-0.05, 0) is 33.1 Å². The zero-order valence-electron chi connectivity index (χ0n) is 9.95. The van der Waals surface area contributed by atoms with Crippen LogP contribution in [0.15, 0.2) is 0 Å². The van der Waals surface area contributed by atoms with Crippen molar-refractivity contribution in [2.24, 2.45) is 5.92 Å². The molecule has 0 aromatic carbocycles. The van der Waals surface area contributed by atoms with Crippen LogP contribution in [-0.2, 0) is 9.59 Å². The Bertz CT molecular complexity index is 250. The molecule has 1 aliphatic heterocycles. The first-order valence-corrected chi connectivity index (χ1v) is 5.86. The molecule has 0 spiro atoms. The summed E-state index contributed by atoms with van der Waals surface area (Å²) >= 11 is 0. The Labute approximate surface area is 91.8 Å². The number of amides is 1. The van der Waals surface area contributed by atoms with Gasteiger partial charge in [0, 0.05) is 24.9 Å². The van der Waals surface area contributed by atoms with Gasteiger partial charge in [-0.1, -0.05) is 6.92 Å². The standard InChI is InChI=1S/C12H21NO2/c1-4-11(10(3)14)8-9(2)13-7-5-6-12(13)15/h9,11H,4-8H2,1-3H3. The van der Waals surface area contributed by atoms with Crippen LogP contribution in [0.4, 0.5) is 0 Å². The first-order chi connectivity index (χ1) is 7.06. The number of Topliss-reactive ketones (excluding diaryl/α,β-unsaturated/α-hetero) is 1. The van der Waals surface area contributed by atoms with Crippen LogP contribution in [0.25, 0.3) is 0 Å². The summed E-state index contributed by atoms with van der Waals surface area (Å²) in [6, 6.07) is 0.217. The van der Waals surface area contributed by atoms with Crippen molar-refractivity contribution in [2.45, 2.75) is 52.5 Å². The van der Waals surface area contributed by atoms with Crippen molar-refractivity contribution in [1.29, 1.82) is 0 Å². The monoisotopic (exact) mass is 211 g/mol. The maximum absolute atomic E-state index is 11.5. The molecular formula is C12H21NO2. The van der Waals surface area contributed by atoms with Crippen molar-refractivity contribution in [2.75, 3.05) is 6.54 Å². The van der Waals surface area contributed by atoms with Crippen LogP contribution in [0, 0.1) is 5.92 Å². The Morgan fingerprint density at radius 2 is 2.20 bits per heavy atom. The quantitative estimate of drug-likeness (QED) is 0.697. The number of hydrogen-bond acceptors (Lipinski definition) is 2. The molecule has 0 aromatic rings. The average molecular weight is 211 g/mol. The maximum atomic E-state index is 11.5. The zero-order valence-corrected chi connectivity index (χ0v) is 9.95. The lowest BCUT2D eigenvalue weighted by atomic mass is 9.94. The highest BCUT2D eigenvalue weighted by atomic mass is 16.2. The molecule has 1 amide bonds. The molecule has 3 nitrogen and oxygen atoms in total. The van der Waals surface area contributed by atoms with E-state index in [1.165, 1.54) is 0 Å². The van der Waals surface area contributed by atoms with E-state index in [2.05, 4.69) is 6.92 Å². The van der Waals surface area contributed by atoms with Crippen molar-refractivity contribution < 1.29 is 9.59 Å². The number of carbonyl (C=O) groups excluding carboxylic acids is 2. The van der Waals surface area contributed by atoms with Crippen molar-refractivity contribution in [3.05, 3.63) is 0 Å². The van der Waals surface area contributed by atoms with Gasteiger partial charge in [-0.2, -0.15) is 0 Å². The predicted octanol–water partition coefficient (Wildman–Crippen LogP) is 2.00. The minimum atomic E-state index is 0.119. The minimum Gasteiger partial charge on any atom is -0.340 e. The second kappa shape index (κ2) is 5.29. The number of hydrogen-bond donors (Lipinski definition) is 0. The highest BCUT2D eigenvalue weighted by Gasteiger charge is 2.27. The van der Waals surface area contributed by atoms with Gasteiger partial charge in [0.15, 0.2) is 0 Å². The molecule has 0 bridgehead atoms. The van der Waals surface area contributed by atoms with Gasteiger partial charge < -0.3 is 4.90 Å². The second-order valence-corrected chi connectivity index (χ2v) is 4.49. The highest BCUT2D eigenvalue weighted by Crippen LogP contribution is 2.20. The third-order valence-electron chi connectivity index (χ3n) is 3.34. The van der Waals surface area contributed by atoms with Crippen LogP contribution in [0.3, 0.4) is 0 Å². The number of likely N-dealkylation sites (tertiary alicyclic amines) is 1. The van der Waals surface area contributed by atoms with E-state index in [0.29, 0.717) is 6.42 Å². The van der Waals surface area contributed by atoms with E-state index < -0.39 is 0 Å². The molecule has 0 radical (unpaired) electrons. The average Bonchev–Trinajstić information content (AvgIpc) is 2.60. The lowest BCUT2D eigenvalue weighted by Crippen LogP contribution is -2.36. The van der Waals surface area contributed by atoms with Gasteiger partial charge in [-0.3, -0.25) is 9.59 Å². The molecule has 0 aliphatic carbocycles. The van der Waals surface area contributed by atoms with Gasteiger partial charge in [-0.25, -0.2) is 0 Å². The Hall–Kier alpha value is -0.860. The highest BCUT2D eigenvalue weighted by molar-refractivity contribution is 5.79. The van der Waals surface area contributed by atoms with E-state index in [1.54, 1.807) is 6.92 Å². The fourth-order valence-corrected chi connectivity index (χ4v) is 2.29. The van der Waals surface area contributed by atoms with Crippen LogP contribution < -0.4 is 0 Å². The van der Waals surface area contributed by atoms with E-state index in [4.69, 9.17) is 0 Å². The SMILES string of the molecule is CCC(CC(C)N1CCCC1=O)C(C)=O. The molecule has 2 unspecified atom stereocenters. The van der Waals surface area contributed by atoms with Crippen LogP contribution >= 0.6 is 0 Å². The molecule has 2 atom stereocenters. The van der Waals surface area contributed by atoms with Gasteiger partial charge in [0.2, 0.25) is 5.91 Å². The lowest BCUT2D eigenvalue weighted by molar-refractivity contribution is -0.130. The predicted molar refractivity (Wildman–Crippen MR) is 59.5 cm³/mol.